The maximum atomic E-state index is 11.2. The molecule has 2 aliphatic heterocycles. The lowest BCUT2D eigenvalue weighted by Crippen LogP contribution is -2.33. The van der Waals surface area contributed by atoms with Gasteiger partial charge in [-0.15, -0.1) is 5.10 Å². The second-order valence-electron chi connectivity index (χ2n) is 5.89. The molecule has 4 rings (SSSR count). The molecule has 0 N–H and O–H groups in total. The number of esters is 1. The normalized spacial score (nSPS) is 28.0. The Labute approximate surface area is 143 Å². The first-order valence-electron chi connectivity index (χ1n) is 8.01. The summed E-state index contributed by atoms with van der Waals surface area (Å²) in [6.45, 7) is 0.692. The van der Waals surface area contributed by atoms with Crippen molar-refractivity contribution in [2.75, 3.05) is 26.9 Å². The van der Waals surface area contributed by atoms with E-state index in [0.717, 1.165) is 5.69 Å². The average molecular weight is 346 g/mol. The molecule has 9 heteroatoms. The van der Waals surface area contributed by atoms with Crippen LogP contribution in [-0.4, -0.2) is 71.2 Å². The average Bonchev–Trinajstić information content (AvgIpc) is 3.36. The van der Waals surface area contributed by atoms with Crippen LogP contribution in [0.5, 0.6) is 0 Å². The van der Waals surface area contributed by atoms with Gasteiger partial charge in [-0.25, -0.2) is 9.48 Å². The molecule has 2 saturated heterocycles. The van der Waals surface area contributed by atoms with E-state index < -0.39 is 5.97 Å². The highest BCUT2D eigenvalue weighted by molar-refractivity contribution is 5.70. The Morgan fingerprint density at radius 2 is 2.16 bits per heavy atom. The van der Waals surface area contributed by atoms with E-state index in [1.807, 2.05) is 24.4 Å². The molecule has 2 aromatic rings. The maximum absolute atomic E-state index is 11.2. The van der Waals surface area contributed by atoms with Gasteiger partial charge in [0, 0.05) is 6.20 Å². The Kier molecular flexibility index (Phi) is 4.43. The minimum atomic E-state index is -0.422. The van der Waals surface area contributed by atoms with Gasteiger partial charge in [-0.1, -0.05) is 11.3 Å². The quantitative estimate of drug-likeness (QED) is 0.710. The van der Waals surface area contributed by atoms with E-state index in [0.29, 0.717) is 18.9 Å². The van der Waals surface area contributed by atoms with Crippen LogP contribution in [0.2, 0.25) is 0 Å². The van der Waals surface area contributed by atoms with Gasteiger partial charge in [-0.05, 0) is 12.1 Å². The fraction of sp³-hybridized carbons (Fsp3) is 0.500. The topological polar surface area (TPSA) is 97.6 Å². The molecule has 4 atom stereocenters. The first kappa shape index (κ1) is 16.1. The summed E-state index contributed by atoms with van der Waals surface area (Å²) in [5, 5.41) is 8.38. The number of aromatic nitrogens is 4. The summed E-state index contributed by atoms with van der Waals surface area (Å²) in [5.74, 6) is -0.422. The van der Waals surface area contributed by atoms with Gasteiger partial charge in [0.2, 0.25) is 0 Å². The summed E-state index contributed by atoms with van der Waals surface area (Å²) in [6.07, 6.45) is 2.82. The van der Waals surface area contributed by atoms with Crippen molar-refractivity contribution in [3.63, 3.8) is 0 Å². The van der Waals surface area contributed by atoms with Crippen LogP contribution in [0.15, 0.2) is 30.6 Å². The van der Waals surface area contributed by atoms with Gasteiger partial charge in [-0.3, -0.25) is 4.98 Å². The van der Waals surface area contributed by atoms with Gasteiger partial charge in [0.1, 0.15) is 36.7 Å². The molecule has 4 heterocycles. The van der Waals surface area contributed by atoms with Crippen LogP contribution in [-0.2, 0) is 23.7 Å². The van der Waals surface area contributed by atoms with Crippen molar-refractivity contribution in [2.24, 2.45) is 0 Å². The molecule has 0 bridgehead atoms. The molecule has 0 radical (unpaired) electrons. The third-order valence-electron chi connectivity index (χ3n) is 4.40. The molecular weight excluding hydrogens is 328 g/mol. The Bertz CT molecular complexity index is 737. The summed E-state index contributed by atoms with van der Waals surface area (Å²) in [4.78, 5) is 15.5. The van der Waals surface area contributed by atoms with Gasteiger partial charge in [0.25, 0.3) is 0 Å². The van der Waals surface area contributed by atoms with Gasteiger partial charge < -0.3 is 18.9 Å². The lowest BCUT2D eigenvalue weighted by Gasteiger charge is -2.16. The first-order chi connectivity index (χ1) is 12.3. The molecule has 2 fully saturated rings. The molecule has 0 aliphatic carbocycles. The first-order valence-corrected chi connectivity index (χ1v) is 8.01. The van der Waals surface area contributed by atoms with E-state index in [1.54, 1.807) is 10.9 Å². The largest absolute Gasteiger partial charge is 0.467 e. The highest BCUT2D eigenvalue weighted by Gasteiger charge is 2.49. The molecule has 0 saturated carbocycles. The fourth-order valence-corrected chi connectivity index (χ4v) is 3.12. The van der Waals surface area contributed by atoms with Gasteiger partial charge in [0.05, 0.1) is 32.2 Å². The smallest absolute Gasteiger partial charge is 0.331 e. The number of methoxy groups -OCH3 is 1. The number of pyridine rings is 1. The van der Waals surface area contributed by atoms with Crippen LogP contribution in [0.25, 0.3) is 11.4 Å². The van der Waals surface area contributed by atoms with Crippen molar-refractivity contribution >= 4 is 5.97 Å². The highest BCUT2D eigenvalue weighted by Crippen LogP contribution is 2.35. The standard InChI is InChI=1S/C16H18N4O5/c1-22-14(21)9-23-13-8-25-15-12(7-24-16(13)15)20-6-11(18-19-20)10-4-2-3-5-17-10/h2-6,12-13,15-16H,7-9H2,1H3/t12-,13-,15-,16+/m0/s1. The summed E-state index contributed by atoms with van der Waals surface area (Å²) < 4.78 is 23.5. The van der Waals surface area contributed by atoms with E-state index in [4.69, 9.17) is 14.2 Å². The fourth-order valence-electron chi connectivity index (χ4n) is 3.12. The summed E-state index contributed by atoms with van der Waals surface area (Å²) in [7, 11) is 1.33. The zero-order valence-corrected chi connectivity index (χ0v) is 13.6. The number of hydrogen-bond acceptors (Lipinski definition) is 8. The van der Waals surface area contributed by atoms with Crippen molar-refractivity contribution < 1.29 is 23.7 Å². The van der Waals surface area contributed by atoms with Gasteiger partial charge >= 0.3 is 5.97 Å². The second kappa shape index (κ2) is 6.87. The van der Waals surface area contributed by atoms with Crippen molar-refractivity contribution in [2.45, 2.75) is 24.4 Å². The number of carbonyl (C=O) groups is 1. The monoisotopic (exact) mass is 346 g/mol. The number of carbonyl (C=O) groups excluding carboxylic acids is 1. The van der Waals surface area contributed by atoms with Crippen LogP contribution in [0, 0.1) is 0 Å². The second-order valence-corrected chi connectivity index (χ2v) is 5.89. The predicted octanol–water partition coefficient (Wildman–Crippen LogP) is 0.237. The third kappa shape index (κ3) is 3.13. The Balaban J connectivity index is 1.44. The van der Waals surface area contributed by atoms with E-state index in [2.05, 4.69) is 20.0 Å². The van der Waals surface area contributed by atoms with Crippen LogP contribution >= 0.6 is 0 Å². The van der Waals surface area contributed by atoms with E-state index in [-0.39, 0.29) is 31.0 Å². The SMILES string of the molecule is COC(=O)CO[C@H]1CO[C@@H]2[C@@H]1OC[C@@H]2n1cc(-c2ccccn2)nn1. The molecule has 132 valence electrons. The lowest BCUT2D eigenvalue weighted by atomic mass is 10.1. The van der Waals surface area contributed by atoms with Gasteiger partial charge in [-0.2, -0.15) is 0 Å². The summed E-state index contributed by atoms with van der Waals surface area (Å²) in [5.41, 5.74) is 1.45. The predicted molar refractivity (Wildman–Crippen MR) is 83.5 cm³/mol. The number of nitrogens with zero attached hydrogens (tertiary/aromatic N) is 4. The van der Waals surface area contributed by atoms with E-state index >= 15 is 0 Å². The highest BCUT2D eigenvalue weighted by atomic mass is 16.6. The molecule has 0 unspecified atom stereocenters. The van der Waals surface area contributed by atoms with Crippen LogP contribution in [0.1, 0.15) is 6.04 Å². The number of fused-ring (bicyclic) bond motifs is 1. The van der Waals surface area contributed by atoms with Crippen LogP contribution in [0.4, 0.5) is 0 Å². The molecule has 25 heavy (non-hydrogen) atoms. The molecule has 2 aliphatic rings. The minimum absolute atomic E-state index is 0.0957. The Morgan fingerprint density at radius 1 is 1.28 bits per heavy atom. The summed E-state index contributed by atoms with van der Waals surface area (Å²) >= 11 is 0. The van der Waals surface area contributed by atoms with Crippen LogP contribution in [0.3, 0.4) is 0 Å². The Hall–Kier alpha value is -2.36. The molecular formula is C16H18N4O5. The number of ether oxygens (including phenoxy) is 4. The Morgan fingerprint density at radius 3 is 2.96 bits per heavy atom. The van der Waals surface area contributed by atoms with E-state index in [1.165, 1.54) is 7.11 Å². The van der Waals surface area contributed by atoms with Crippen molar-refractivity contribution in [3.05, 3.63) is 30.6 Å². The van der Waals surface area contributed by atoms with E-state index in [9.17, 15) is 4.79 Å². The lowest BCUT2D eigenvalue weighted by molar-refractivity contribution is -0.150. The summed E-state index contributed by atoms with van der Waals surface area (Å²) in [6, 6.07) is 5.54. The molecule has 9 nitrogen and oxygen atoms in total. The molecule has 0 aromatic carbocycles. The molecule has 0 spiro atoms. The zero-order chi connectivity index (χ0) is 17.2. The third-order valence-corrected chi connectivity index (χ3v) is 4.40. The van der Waals surface area contributed by atoms with Crippen molar-refractivity contribution in [1.29, 1.82) is 0 Å². The minimum Gasteiger partial charge on any atom is -0.467 e. The number of rotatable bonds is 5. The number of hydrogen-bond donors (Lipinski definition) is 0. The molecule has 0 amide bonds. The van der Waals surface area contributed by atoms with Crippen molar-refractivity contribution in [3.8, 4) is 11.4 Å². The maximum Gasteiger partial charge on any atom is 0.331 e. The van der Waals surface area contributed by atoms with Crippen LogP contribution < -0.4 is 0 Å². The zero-order valence-electron chi connectivity index (χ0n) is 13.6. The van der Waals surface area contributed by atoms with Gasteiger partial charge in [0.15, 0.2) is 0 Å². The molecule has 2 aromatic heterocycles. The van der Waals surface area contributed by atoms with Crippen molar-refractivity contribution in [1.82, 2.24) is 20.0 Å².